The van der Waals surface area contributed by atoms with Gasteiger partial charge in [0, 0.05) is 5.39 Å². The van der Waals surface area contributed by atoms with Gasteiger partial charge in [-0.15, -0.1) is 0 Å². The Balaban J connectivity index is 1.52. The lowest BCUT2D eigenvalue weighted by Crippen LogP contribution is -2.33. The van der Waals surface area contributed by atoms with E-state index in [-0.39, 0.29) is 24.3 Å². The number of carbonyl (C=O) groups excluding carboxylic acids is 1. The highest BCUT2D eigenvalue weighted by molar-refractivity contribution is 5.86. The van der Waals surface area contributed by atoms with E-state index in [4.69, 9.17) is 14.0 Å². The number of aromatic nitrogens is 1. The maximum atomic E-state index is 12.7. The van der Waals surface area contributed by atoms with Gasteiger partial charge in [-0.05, 0) is 35.7 Å². The van der Waals surface area contributed by atoms with Gasteiger partial charge in [0.2, 0.25) is 5.91 Å². The van der Waals surface area contributed by atoms with Gasteiger partial charge in [0.15, 0.2) is 17.1 Å². The van der Waals surface area contributed by atoms with Crippen LogP contribution in [0.1, 0.15) is 31.1 Å². The molecule has 1 unspecified atom stereocenters. The van der Waals surface area contributed by atoms with Gasteiger partial charge in [0.05, 0.1) is 12.5 Å². The Bertz CT molecular complexity index is 964. The molecule has 0 saturated heterocycles. The van der Waals surface area contributed by atoms with Crippen LogP contribution in [0.4, 0.5) is 0 Å². The van der Waals surface area contributed by atoms with Gasteiger partial charge in [-0.1, -0.05) is 37.2 Å². The zero-order valence-electron chi connectivity index (χ0n) is 15.4. The average Bonchev–Trinajstić information content (AvgIpc) is 3.08. The molecule has 27 heavy (non-hydrogen) atoms. The Morgan fingerprint density at radius 2 is 1.89 bits per heavy atom. The van der Waals surface area contributed by atoms with E-state index >= 15 is 0 Å². The first-order valence-electron chi connectivity index (χ1n) is 9.14. The van der Waals surface area contributed by atoms with Crippen molar-refractivity contribution >= 4 is 16.9 Å². The van der Waals surface area contributed by atoms with Gasteiger partial charge in [-0.25, -0.2) is 0 Å². The molecule has 1 amide bonds. The van der Waals surface area contributed by atoms with Crippen molar-refractivity contribution in [3.8, 4) is 11.5 Å². The lowest BCUT2D eigenvalue weighted by molar-refractivity contribution is -0.121. The molecular weight excluding hydrogens is 344 g/mol. The van der Waals surface area contributed by atoms with E-state index in [0.717, 1.165) is 22.4 Å². The number of amides is 1. The third-order valence-corrected chi connectivity index (χ3v) is 4.69. The minimum atomic E-state index is -0.133. The highest BCUT2D eigenvalue weighted by Gasteiger charge is 2.22. The van der Waals surface area contributed by atoms with Crippen molar-refractivity contribution < 1.29 is 18.8 Å². The Labute approximate surface area is 157 Å². The van der Waals surface area contributed by atoms with Gasteiger partial charge in [0.25, 0.3) is 0 Å². The van der Waals surface area contributed by atoms with Crippen molar-refractivity contribution in [2.75, 3.05) is 13.2 Å². The molecule has 2 heterocycles. The van der Waals surface area contributed by atoms with Gasteiger partial charge in [-0.2, -0.15) is 0 Å². The Morgan fingerprint density at radius 3 is 2.70 bits per heavy atom. The summed E-state index contributed by atoms with van der Waals surface area (Å²) in [4.78, 5) is 12.7. The number of nitrogens with zero attached hydrogens (tertiary/aromatic N) is 1. The minimum absolute atomic E-state index is 0.0948. The molecule has 4 rings (SSSR count). The number of rotatable bonds is 5. The van der Waals surface area contributed by atoms with Crippen LogP contribution >= 0.6 is 0 Å². The highest BCUT2D eigenvalue weighted by Crippen LogP contribution is 2.34. The maximum Gasteiger partial charge on any atom is 0.226 e. The van der Waals surface area contributed by atoms with E-state index in [1.165, 1.54) is 0 Å². The molecule has 0 radical (unpaired) electrons. The minimum Gasteiger partial charge on any atom is -0.486 e. The quantitative estimate of drug-likeness (QED) is 0.746. The summed E-state index contributed by atoms with van der Waals surface area (Å²) >= 11 is 0. The molecule has 1 aromatic heterocycles. The van der Waals surface area contributed by atoms with Crippen LogP contribution in [0, 0.1) is 5.92 Å². The summed E-state index contributed by atoms with van der Waals surface area (Å²) in [6.07, 6.45) is 0.171. The molecule has 6 nitrogen and oxygen atoms in total. The Morgan fingerprint density at radius 1 is 1.11 bits per heavy atom. The number of carbonyl (C=O) groups is 1. The number of hydrogen-bond acceptors (Lipinski definition) is 5. The Kier molecular flexibility index (Phi) is 4.71. The summed E-state index contributed by atoms with van der Waals surface area (Å²) < 4.78 is 16.5. The molecule has 0 fully saturated rings. The van der Waals surface area contributed by atoms with Gasteiger partial charge >= 0.3 is 0 Å². The molecule has 1 atom stereocenters. The van der Waals surface area contributed by atoms with Crippen LogP contribution in [0.2, 0.25) is 0 Å². The fourth-order valence-electron chi connectivity index (χ4n) is 3.33. The first-order valence-corrected chi connectivity index (χ1v) is 9.14. The van der Waals surface area contributed by atoms with Crippen LogP contribution in [-0.2, 0) is 11.2 Å². The second kappa shape index (κ2) is 7.31. The summed E-state index contributed by atoms with van der Waals surface area (Å²) in [7, 11) is 0. The van der Waals surface area contributed by atoms with Crippen LogP contribution in [0.25, 0.3) is 11.0 Å². The summed E-state index contributed by atoms with van der Waals surface area (Å²) in [5.74, 6) is 1.59. The van der Waals surface area contributed by atoms with Crippen molar-refractivity contribution in [3.63, 3.8) is 0 Å². The molecular formula is C21H22N2O4. The van der Waals surface area contributed by atoms with Crippen molar-refractivity contribution in [2.45, 2.75) is 26.3 Å². The second-order valence-corrected chi connectivity index (χ2v) is 6.99. The molecule has 3 aromatic rings. The first-order chi connectivity index (χ1) is 13.1. The van der Waals surface area contributed by atoms with E-state index in [1.54, 1.807) is 0 Å². The zero-order valence-corrected chi connectivity index (χ0v) is 15.4. The molecule has 6 heteroatoms. The van der Waals surface area contributed by atoms with E-state index in [0.29, 0.717) is 24.5 Å². The fourth-order valence-corrected chi connectivity index (χ4v) is 3.33. The molecule has 0 aliphatic carbocycles. The van der Waals surface area contributed by atoms with Crippen molar-refractivity contribution in [2.24, 2.45) is 5.92 Å². The SMILES string of the molecule is CC(C)C(NC(=O)Cc1noc2ccccc12)c1ccc2c(c1)OCCO2. The van der Waals surface area contributed by atoms with Gasteiger partial charge in [-0.3, -0.25) is 4.79 Å². The normalized spacial score (nSPS) is 14.3. The zero-order chi connectivity index (χ0) is 18.8. The predicted octanol–water partition coefficient (Wildman–Crippen LogP) is 3.66. The highest BCUT2D eigenvalue weighted by atomic mass is 16.6. The molecule has 0 bridgehead atoms. The molecule has 0 saturated carbocycles. The van der Waals surface area contributed by atoms with Crippen molar-refractivity contribution in [3.05, 3.63) is 53.7 Å². The standard InChI is InChI=1S/C21H22N2O4/c1-13(2)21(14-7-8-18-19(11-14)26-10-9-25-18)22-20(24)12-16-15-5-3-4-6-17(15)27-23-16/h3-8,11,13,21H,9-10,12H2,1-2H3,(H,22,24). The van der Waals surface area contributed by atoms with Gasteiger partial charge in [0.1, 0.15) is 18.9 Å². The fraction of sp³-hybridized carbons (Fsp3) is 0.333. The van der Waals surface area contributed by atoms with E-state index in [1.807, 2.05) is 42.5 Å². The average molecular weight is 366 g/mol. The van der Waals surface area contributed by atoms with E-state index < -0.39 is 0 Å². The van der Waals surface area contributed by atoms with Gasteiger partial charge < -0.3 is 19.3 Å². The third-order valence-electron chi connectivity index (χ3n) is 4.69. The van der Waals surface area contributed by atoms with Crippen molar-refractivity contribution in [1.29, 1.82) is 0 Å². The first kappa shape index (κ1) is 17.4. The van der Waals surface area contributed by atoms with Crippen LogP contribution in [0.3, 0.4) is 0 Å². The van der Waals surface area contributed by atoms with Crippen LogP contribution < -0.4 is 14.8 Å². The van der Waals surface area contributed by atoms with E-state index in [2.05, 4.69) is 24.3 Å². The molecule has 1 N–H and O–H groups in total. The third kappa shape index (κ3) is 3.60. The molecule has 140 valence electrons. The largest absolute Gasteiger partial charge is 0.486 e. The molecule has 1 aliphatic rings. The summed E-state index contributed by atoms with van der Waals surface area (Å²) in [5, 5.41) is 8.04. The molecule has 2 aromatic carbocycles. The topological polar surface area (TPSA) is 73.6 Å². The second-order valence-electron chi connectivity index (χ2n) is 6.99. The number of benzene rings is 2. The smallest absolute Gasteiger partial charge is 0.226 e. The van der Waals surface area contributed by atoms with Crippen LogP contribution in [0.5, 0.6) is 11.5 Å². The number of hydrogen-bond donors (Lipinski definition) is 1. The summed E-state index contributed by atoms with van der Waals surface area (Å²) in [6, 6.07) is 13.2. The number of ether oxygens (including phenoxy) is 2. The Hall–Kier alpha value is -3.02. The molecule has 1 aliphatic heterocycles. The number of nitrogens with one attached hydrogen (secondary N) is 1. The van der Waals surface area contributed by atoms with Crippen LogP contribution in [-0.4, -0.2) is 24.3 Å². The van der Waals surface area contributed by atoms with E-state index in [9.17, 15) is 4.79 Å². The van der Waals surface area contributed by atoms with Crippen molar-refractivity contribution in [1.82, 2.24) is 10.5 Å². The lowest BCUT2D eigenvalue weighted by Gasteiger charge is -2.25. The summed E-state index contributed by atoms with van der Waals surface area (Å²) in [5.41, 5.74) is 2.33. The summed E-state index contributed by atoms with van der Waals surface area (Å²) in [6.45, 7) is 5.25. The van der Waals surface area contributed by atoms with Crippen LogP contribution in [0.15, 0.2) is 47.0 Å². The molecule has 0 spiro atoms. The number of fused-ring (bicyclic) bond motifs is 2. The predicted molar refractivity (Wildman–Crippen MR) is 101 cm³/mol. The monoisotopic (exact) mass is 366 g/mol. The maximum absolute atomic E-state index is 12.7. The number of para-hydroxylation sites is 1. The lowest BCUT2D eigenvalue weighted by atomic mass is 9.95.